The standard InChI is InChI=1S/C13H15N3/c1-15-12-8-7-11(9-16-12)13(14)10-5-3-2-4-6-10/h2-9,13H,14H2,1H3,(H,15,16). The lowest BCUT2D eigenvalue weighted by Crippen LogP contribution is -2.12. The predicted molar refractivity (Wildman–Crippen MR) is 66.3 cm³/mol. The molecule has 1 aromatic carbocycles. The number of nitrogens with one attached hydrogen (secondary N) is 1. The van der Waals surface area contributed by atoms with Crippen molar-refractivity contribution in [3.63, 3.8) is 0 Å². The Morgan fingerprint density at radius 3 is 2.38 bits per heavy atom. The van der Waals surface area contributed by atoms with Crippen molar-refractivity contribution in [3.8, 4) is 0 Å². The molecule has 0 fully saturated rings. The minimum Gasteiger partial charge on any atom is -0.373 e. The van der Waals surface area contributed by atoms with E-state index < -0.39 is 0 Å². The van der Waals surface area contributed by atoms with E-state index in [1.54, 1.807) is 0 Å². The number of hydrogen-bond donors (Lipinski definition) is 2. The van der Waals surface area contributed by atoms with Crippen LogP contribution >= 0.6 is 0 Å². The van der Waals surface area contributed by atoms with Crippen LogP contribution in [0.5, 0.6) is 0 Å². The second kappa shape index (κ2) is 4.77. The normalized spacial score (nSPS) is 12.1. The number of rotatable bonds is 3. The highest BCUT2D eigenvalue weighted by molar-refractivity contribution is 5.37. The maximum atomic E-state index is 6.15. The molecule has 1 aromatic heterocycles. The maximum Gasteiger partial charge on any atom is 0.125 e. The minimum absolute atomic E-state index is 0.111. The third-order valence-electron chi connectivity index (χ3n) is 2.56. The van der Waals surface area contributed by atoms with Gasteiger partial charge in [-0.3, -0.25) is 0 Å². The summed E-state index contributed by atoms with van der Waals surface area (Å²) in [5.74, 6) is 0.851. The largest absolute Gasteiger partial charge is 0.373 e. The molecule has 0 saturated heterocycles. The van der Waals surface area contributed by atoms with Gasteiger partial charge >= 0.3 is 0 Å². The van der Waals surface area contributed by atoms with Crippen LogP contribution in [0.25, 0.3) is 0 Å². The van der Waals surface area contributed by atoms with Crippen molar-refractivity contribution in [1.82, 2.24) is 4.98 Å². The average molecular weight is 213 g/mol. The number of aromatic nitrogens is 1. The molecule has 2 rings (SSSR count). The van der Waals surface area contributed by atoms with E-state index in [0.717, 1.165) is 16.9 Å². The van der Waals surface area contributed by atoms with Gasteiger partial charge in [0.25, 0.3) is 0 Å². The lowest BCUT2D eigenvalue weighted by atomic mass is 10.0. The van der Waals surface area contributed by atoms with Crippen LogP contribution in [-0.4, -0.2) is 12.0 Å². The molecule has 3 nitrogen and oxygen atoms in total. The Labute approximate surface area is 95.3 Å². The summed E-state index contributed by atoms with van der Waals surface area (Å²) in [5, 5.41) is 2.98. The first-order valence-corrected chi connectivity index (χ1v) is 5.25. The molecule has 0 aliphatic carbocycles. The Morgan fingerprint density at radius 2 is 1.81 bits per heavy atom. The topological polar surface area (TPSA) is 50.9 Å². The van der Waals surface area contributed by atoms with Gasteiger partial charge in [0, 0.05) is 13.2 Å². The quantitative estimate of drug-likeness (QED) is 0.821. The van der Waals surface area contributed by atoms with Crippen molar-refractivity contribution >= 4 is 5.82 Å². The summed E-state index contributed by atoms with van der Waals surface area (Å²) < 4.78 is 0. The maximum absolute atomic E-state index is 6.15. The molecular weight excluding hydrogens is 198 g/mol. The number of hydrogen-bond acceptors (Lipinski definition) is 3. The number of nitrogens with zero attached hydrogens (tertiary/aromatic N) is 1. The van der Waals surface area contributed by atoms with Crippen molar-refractivity contribution in [3.05, 3.63) is 59.8 Å². The summed E-state index contributed by atoms with van der Waals surface area (Å²) in [4.78, 5) is 4.25. The van der Waals surface area contributed by atoms with Gasteiger partial charge in [0.15, 0.2) is 0 Å². The van der Waals surface area contributed by atoms with Crippen molar-refractivity contribution in [2.24, 2.45) is 5.73 Å². The summed E-state index contributed by atoms with van der Waals surface area (Å²) in [7, 11) is 1.85. The first-order valence-electron chi connectivity index (χ1n) is 5.25. The molecule has 0 saturated carbocycles. The molecule has 1 unspecified atom stereocenters. The van der Waals surface area contributed by atoms with E-state index in [2.05, 4.69) is 10.3 Å². The smallest absolute Gasteiger partial charge is 0.125 e. The fourth-order valence-electron chi connectivity index (χ4n) is 1.59. The molecule has 1 heterocycles. The molecule has 0 aliphatic heterocycles. The molecule has 2 aromatic rings. The number of pyridine rings is 1. The average Bonchev–Trinajstić information content (AvgIpc) is 2.39. The highest BCUT2D eigenvalue weighted by Gasteiger charge is 2.08. The van der Waals surface area contributed by atoms with Crippen LogP contribution in [0.3, 0.4) is 0 Å². The molecule has 0 aliphatic rings. The fourth-order valence-corrected chi connectivity index (χ4v) is 1.59. The Bertz CT molecular complexity index is 436. The first kappa shape index (κ1) is 10.6. The second-order valence-electron chi connectivity index (χ2n) is 3.62. The molecule has 16 heavy (non-hydrogen) atoms. The van der Waals surface area contributed by atoms with Gasteiger partial charge in [0.2, 0.25) is 0 Å². The van der Waals surface area contributed by atoms with E-state index in [1.807, 2.05) is 55.7 Å². The summed E-state index contributed by atoms with van der Waals surface area (Å²) >= 11 is 0. The van der Waals surface area contributed by atoms with E-state index in [0.29, 0.717) is 0 Å². The van der Waals surface area contributed by atoms with E-state index in [1.165, 1.54) is 0 Å². The summed E-state index contributed by atoms with van der Waals surface area (Å²) in [6, 6.07) is 13.8. The molecule has 3 N–H and O–H groups in total. The molecule has 1 atom stereocenters. The van der Waals surface area contributed by atoms with Crippen LogP contribution in [0.4, 0.5) is 5.82 Å². The third-order valence-corrected chi connectivity index (χ3v) is 2.56. The van der Waals surface area contributed by atoms with Crippen LogP contribution < -0.4 is 11.1 Å². The monoisotopic (exact) mass is 213 g/mol. The highest BCUT2D eigenvalue weighted by Crippen LogP contribution is 2.19. The lowest BCUT2D eigenvalue weighted by Gasteiger charge is -2.12. The second-order valence-corrected chi connectivity index (χ2v) is 3.62. The van der Waals surface area contributed by atoms with Crippen LogP contribution in [0.1, 0.15) is 17.2 Å². The Balaban J connectivity index is 2.24. The lowest BCUT2D eigenvalue weighted by molar-refractivity contribution is 0.863. The SMILES string of the molecule is CNc1ccc(C(N)c2ccccc2)cn1. The zero-order valence-corrected chi connectivity index (χ0v) is 9.22. The van der Waals surface area contributed by atoms with Crippen LogP contribution in [0, 0.1) is 0 Å². The van der Waals surface area contributed by atoms with Gasteiger partial charge in [0.1, 0.15) is 5.82 Å². The van der Waals surface area contributed by atoms with Gasteiger partial charge in [-0.05, 0) is 17.2 Å². The number of anilines is 1. The molecule has 3 heteroatoms. The minimum atomic E-state index is -0.111. The molecular formula is C13H15N3. The molecule has 82 valence electrons. The summed E-state index contributed by atoms with van der Waals surface area (Å²) in [5.41, 5.74) is 8.26. The van der Waals surface area contributed by atoms with Gasteiger partial charge in [0.05, 0.1) is 6.04 Å². The van der Waals surface area contributed by atoms with E-state index in [-0.39, 0.29) is 6.04 Å². The van der Waals surface area contributed by atoms with E-state index >= 15 is 0 Å². The summed E-state index contributed by atoms with van der Waals surface area (Å²) in [6.07, 6.45) is 1.81. The zero-order chi connectivity index (χ0) is 11.4. The summed E-state index contributed by atoms with van der Waals surface area (Å²) in [6.45, 7) is 0. The van der Waals surface area contributed by atoms with Crippen LogP contribution in [0.2, 0.25) is 0 Å². The Kier molecular flexibility index (Phi) is 3.17. The van der Waals surface area contributed by atoms with Crippen molar-refractivity contribution < 1.29 is 0 Å². The van der Waals surface area contributed by atoms with Crippen molar-refractivity contribution in [2.75, 3.05) is 12.4 Å². The predicted octanol–water partition coefficient (Wildman–Crippen LogP) is 2.17. The zero-order valence-electron chi connectivity index (χ0n) is 9.22. The fraction of sp³-hybridized carbons (Fsp3) is 0.154. The highest BCUT2D eigenvalue weighted by atomic mass is 14.9. The van der Waals surface area contributed by atoms with Gasteiger partial charge < -0.3 is 11.1 Å². The van der Waals surface area contributed by atoms with Gasteiger partial charge in [-0.1, -0.05) is 36.4 Å². The molecule has 0 bridgehead atoms. The van der Waals surface area contributed by atoms with Crippen molar-refractivity contribution in [1.29, 1.82) is 0 Å². The Morgan fingerprint density at radius 1 is 1.06 bits per heavy atom. The van der Waals surface area contributed by atoms with E-state index in [9.17, 15) is 0 Å². The van der Waals surface area contributed by atoms with Crippen molar-refractivity contribution in [2.45, 2.75) is 6.04 Å². The van der Waals surface area contributed by atoms with E-state index in [4.69, 9.17) is 5.73 Å². The number of benzene rings is 1. The van der Waals surface area contributed by atoms with Gasteiger partial charge in [-0.2, -0.15) is 0 Å². The molecule has 0 spiro atoms. The van der Waals surface area contributed by atoms with Crippen LogP contribution in [-0.2, 0) is 0 Å². The van der Waals surface area contributed by atoms with Crippen LogP contribution in [0.15, 0.2) is 48.7 Å². The first-order chi connectivity index (χ1) is 7.81. The van der Waals surface area contributed by atoms with Gasteiger partial charge in [-0.25, -0.2) is 4.98 Å². The molecule has 0 amide bonds. The Hall–Kier alpha value is -1.87. The number of nitrogens with two attached hydrogens (primary N) is 1. The third kappa shape index (κ3) is 2.20. The molecule has 0 radical (unpaired) electrons. The van der Waals surface area contributed by atoms with Gasteiger partial charge in [-0.15, -0.1) is 0 Å².